The molecule has 92 valence electrons. The minimum absolute atomic E-state index is 0.337. The van der Waals surface area contributed by atoms with Crippen molar-refractivity contribution in [2.45, 2.75) is 25.3 Å². The first-order valence-corrected chi connectivity index (χ1v) is 5.91. The normalized spacial score (nSPS) is 18.9. The van der Waals surface area contributed by atoms with E-state index in [9.17, 15) is 14.3 Å². The molecule has 1 aliphatic rings. The van der Waals surface area contributed by atoms with Crippen molar-refractivity contribution < 1.29 is 14.3 Å². The highest BCUT2D eigenvalue weighted by atomic mass is 19.1. The second-order valence-electron chi connectivity index (χ2n) is 4.39. The molecule has 3 nitrogen and oxygen atoms in total. The van der Waals surface area contributed by atoms with Crippen molar-refractivity contribution in [1.82, 2.24) is 4.90 Å². The summed E-state index contributed by atoms with van der Waals surface area (Å²) in [5.41, 5.74) is 0.654. The van der Waals surface area contributed by atoms with E-state index >= 15 is 0 Å². The van der Waals surface area contributed by atoms with Gasteiger partial charge in [0.25, 0.3) is 0 Å². The summed E-state index contributed by atoms with van der Waals surface area (Å²) in [7, 11) is 0. The van der Waals surface area contributed by atoms with E-state index in [1.807, 2.05) is 4.90 Å². The van der Waals surface area contributed by atoms with E-state index in [-0.39, 0.29) is 5.82 Å². The highest BCUT2D eigenvalue weighted by molar-refractivity contribution is 5.75. The van der Waals surface area contributed by atoms with Gasteiger partial charge in [-0.25, -0.2) is 4.39 Å². The number of carboxylic acids is 1. The van der Waals surface area contributed by atoms with Crippen molar-refractivity contribution in [3.8, 4) is 0 Å². The van der Waals surface area contributed by atoms with Crippen molar-refractivity contribution in [1.29, 1.82) is 0 Å². The Hall–Kier alpha value is -1.42. The summed E-state index contributed by atoms with van der Waals surface area (Å²) < 4.78 is 12.8. The molecule has 1 aromatic carbocycles. The van der Waals surface area contributed by atoms with Crippen molar-refractivity contribution in [2.24, 2.45) is 0 Å². The number of hydrogen-bond acceptors (Lipinski definition) is 2. The molecule has 0 spiro atoms. The standard InChI is InChI=1S/C13H16FNO2/c14-11-6-4-10(5-7-11)12(13(16)17)15-8-2-1-3-9-15/h4-7,12H,1-3,8-9H2,(H,16,17). The molecule has 4 heteroatoms. The van der Waals surface area contributed by atoms with Crippen LogP contribution in [0.5, 0.6) is 0 Å². The van der Waals surface area contributed by atoms with Gasteiger partial charge in [-0.1, -0.05) is 18.6 Å². The molecule has 0 amide bonds. The first-order valence-electron chi connectivity index (χ1n) is 5.91. The minimum Gasteiger partial charge on any atom is -0.480 e. The van der Waals surface area contributed by atoms with Gasteiger partial charge >= 0.3 is 5.97 Å². The van der Waals surface area contributed by atoms with Gasteiger partial charge in [-0.05, 0) is 43.6 Å². The summed E-state index contributed by atoms with van der Waals surface area (Å²) in [5, 5.41) is 9.31. The predicted octanol–water partition coefficient (Wildman–Crippen LogP) is 2.44. The molecule has 1 aliphatic heterocycles. The Balaban J connectivity index is 2.21. The van der Waals surface area contributed by atoms with E-state index in [1.54, 1.807) is 12.1 Å². The van der Waals surface area contributed by atoms with Crippen LogP contribution in [-0.2, 0) is 4.79 Å². The third kappa shape index (κ3) is 2.82. The van der Waals surface area contributed by atoms with Gasteiger partial charge in [0.05, 0.1) is 0 Å². The molecule has 1 aromatic rings. The second kappa shape index (κ2) is 5.27. The van der Waals surface area contributed by atoms with E-state index in [0.29, 0.717) is 5.56 Å². The molecular weight excluding hydrogens is 221 g/mol. The Morgan fingerprint density at radius 1 is 1.18 bits per heavy atom. The maximum absolute atomic E-state index is 12.8. The zero-order valence-electron chi connectivity index (χ0n) is 9.60. The Morgan fingerprint density at radius 3 is 2.29 bits per heavy atom. The third-order valence-electron chi connectivity index (χ3n) is 3.18. The lowest BCUT2D eigenvalue weighted by Gasteiger charge is -2.32. The number of carbonyl (C=O) groups is 1. The zero-order valence-corrected chi connectivity index (χ0v) is 9.60. The molecule has 0 aromatic heterocycles. The fourth-order valence-electron chi connectivity index (χ4n) is 2.33. The Kier molecular flexibility index (Phi) is 3.74. The molecule has 1 N–H and O–H groups in total. The number of benzene rings is 1. The number of aliphatic carboxylic acids is 1. The van der Waals surface area contributed by atoms with E-state index in [4.69, 9.17) is 0 Å². The van der Waals surface area contributed by atoms with Gasteiger partial charge in [0.1, 0.15) is 11.9 Å². The Labute approximate surface area is 99.9 Å². The predicted molar refractivity (Wildman–Crippen MR) is 62.2 cm³/mol. The van der Waals surface area contributed by atoms with Crippen LogP contribution in [0, 0.1) is 5.82 Å². The highest BCUT2D eigenvalue weighted by Gasteiger charge is 2.28. The SMILES string of the molecule is O=C(O)C(c1ccc(F)cc1)N1CCCCC1. The Morgan fingerprint density at radius 2 is 1.76 bits per heavy atom. The van der Waals surface area contributed by atoms with Crippen LogP contribution >= 0.6 is 0 Å². The summed E-state index contributed by atoms with van der Waals surface area (Å²) in [6, 6.07) is 5.10. The van der Waals surface area contributed by atoms with Crippen molar-refractivity contribution >= 4 is 5.97 Å². The zero-order chi connectivity index (χ0) is 12.3. The fraction of sp³-hybridized carbons (Fsp3) is 0.462. The molecule has 2 rings (SSSR count). The first kappa shape index (κ1) is 12.0. The van der Waals surface area contributed by atoms with Crippen molar-refractivity contribution in [3.05, 3.63) is 35.6 Å². The minimum atomic E-state index is -0.862. The summed E-state index contributed by atoms with van der Waals surface area (Å²) in [6.07, 6.45) is 3.22. The van der Waals surface area contributed by atoms with Crippen LogP contribution in [0.1, 0.15) is 30.9 Å². The topological polar surface area (TPSA) is 40.5 Å². The van der Waals surface area contributed by atoms with Crippen LogP contribution in [0.4, 0.5) is 4.39 Å². The van der Waals surface area contributed by atoms with E-state index in [0.717, 1.165) is 32.4 Å². The van der Waals surface area contributed by atoms with Crippen molar-refractivity contribution in [2.75, 3.05) is 13.1 Å². The van der Waals surface area contributed by atoms with E-state index < -0.39 is 12.0 Å². The molecule has 0 aliphatic carbocycles. The summed E-state index contributed by atoms with van der Waals surface area (Å²) >= 11 is 0. The number of nitrogens with zero attached hydrogens (tertiary/aromatic N) is 1. The number of rotatable bonds is 3. The Bertz CT molecular complexity index is 385. The number of hydrogen-bond donors (Lipinski definition) is 1. The van der Waals surface area contributed by atoms with E-state index in [1.165, 1.54) is 12.1 Å². The van der Waals surface area contributed by atoms with Crippen LogP contribution in [0.15, 0.2) is 24.3 Å². The van der Waals surface area contributed by atoms with Gasteiger partial charge in [-0.15, -0.1) is 0 Å². The summed E-state index contributed by atoms with van der Waals surface area (Å²) in [5.74, 6) is -1.20. The van der Waals surface area contributed by atoms with Gasteiger partial charge in [-0.2, -0.15) is 0 Å². The fourth-order valence-corrected chi connectivity index (χ4v) is 2.33. The maximum atomic E-state index is 12.8. The van der Waals surface area contributed by atoms with Crippen LogP contribution in [0.25, 0.3) is 0 Å². The molecule has 1 unspecified atom stereocenters. The lowest BCUT2D eigenvalue weighted by Crippen LogP contribution is -2.37. The first-order chi connectivity index (χ1) is 8.18. The third-order valence-corrected chi connectivity index (χ3v) is 3.18. The molecule has 1 atom stereocenters. The van der Waals surface area contributed by atoms with Gasteiger partial charge in [-0.3, -0.25) is 9.69 Å². The van der Waals surface area contributed by atoms with Gasteiger partial charge in [0.15, 0.2) is 0 Å². The molecule has 0 bridgehead atoms. The molecule has 0 saturated carbocycles. The maximum Gasteiger partial charge on any atom is 0.325 e. The number of halogens is 1. The lowest BCUT2D eigenvalue weighted by molar-refractivity contribution is -0.144. The van der Waals surface area contributed by atoms with Crippen molar-refractivity contribution in [3.63, 3.8) is 0 Å². The molecule has 1 saturated heterocycles. The molecule has 1 fully saturated rings. The average molecular weight is 237 g/mol. The van der Waals surface area contributed by atoms with E-state index in [2.05, 4.69) is 0 Å². The largest absolute Gasteiger partial charge is 0.480 e. The van der Waals surface area contributed by atoms with Gasteiger partial charge < -0.3 is 5.11 Å². The lowest BCUT2D eigenvalue weighted by atomic mass is 10.0. The van der Waals surface area contributed by atoms with Crippen LogP contribution < -0.4 is 0 Å². The highest BCUT2D eigenvalue weighted by Crippen LogP contribution is 2.25. The number of carboxylic acid groups (broad SMARTS) is 1. The van der Waals surface area contributed by atoms with Crippen LogP contribution in [0.2, 0.25) is 0 Å². The van der Waals surface area contributed by atoms with Crippen LogP contribution in [0.3, 0.4) is 0 Å². The van der Waals surface area contributed by atoms with Crippen LogP contribution in [-0.4, -0.2) is 29.1 Å². The molecule has 0 radical (unpaired) electrons. The van der Waals surface area contributed by atoms with Gasteiger partial charge in [0, 0.05) is 0 Å². The summed E-state index contributed by atoms with van der Waals surface area (Å²) in [4.78, 5) is 13.3. The molecule has 1 heterocycles. The smallest absolute Gasteiger partial charge is 0.325 e. The average Bonchev–Trinajstić information content (AvgIpc) is 2.33. The van der Waals surface area contributed by atoms with Gasteiger partial charge in [0.2, 0.25) is 0 Å². The monoisotopic (exact) mass is 237 g/mol. The molecular formula is C13H16FNO2. The second-order valence-corrected chi connectivity index (χ2v) is 4.39. The number of likely N-dealkylation sites (tertiary alicyclic amines) is 1. The number of piperidine rings is 1. The quantitative estimate of drug-likeness (QED) is 0.877. The summed E-state index contributed by atoms with van der Waals surface area (Å²) in [6.45, 7) is 1.60. The molecule has 17 heavy (non-hydrogen) atoms.